The summed E-state index contributed by atoms with van der Waals surface area (Å²) in [6.07, 6.45) is 4.80. The summed E-state index contributed by atoms with van der Waals surface area (Å²) in [7, 11) is 0. The minimum absolute atomic E-state index is 0.0625. The molecule has 0 aliphatic carbocycles. The predicted octanol–water partition coefficient (Wildman–Crippen LogP) is 4.21. The van der Waals surface area contributed by atoms with Crippen molar-refractivity contribution >= 4 is 16.5 Å². The van der Waals surface area contributed by atoms with Gasteiger partial charge >= 0.3 is 0 Å². The number of hydrogen-bond acceptors (Lipinski definition) is 2. The lowest BCUT2D eigenvalue weighted by Gasteiger charge is -2.35. The third-order valence-electron chi connectivity index (χ3n) is 4.48. The van der Waals surface area contributed by atoms with Gasteiger partial charge in [0.25, 0.3) is 0 Å². The standard InChI is InChI=1S/C18H22N2/c1-3-18(2)11-13(12-19)10-15-8-4-6-14-7-5-9-16(20-18)17(14)15/h4-9,12,20H,3,10-11,19H2,1-2H3/b13-12-. The van der Waals surface area contributed by atoms with Gasteiger partial charge in [0.15, 0.2) is 0 Å². The molecule has 20 heavy (non-hydrogen) atoms. The normalized spacial score (nSPS) is 24.2. The van der Waals surface area contributed by atoms with E-state index < -0.39 is 0 Å². The topological polar surface area (TPSA) is 38.0 Å². The lowest BCUT2D eigenvalue weighted by molar-refractivity contribution is 0.485. The molecule has 0 fully saturated rings. The molecule has 3 rings (SSSR count). The number of nitrogens with one attached hydrogen (secondary N) is 1. The smallest absolute Gasteiger partial charge is 0.0427 e. The Labute approximate surface area is 120 Å². The first-order chi connectivity index (χ1) is 9.65. The van der Waals surface area contributed by atoms with Crippen LogP contribution < -0.4 is 11.1 Å². The van der Waals surface area contributed by atoms with E-state index in [2.05, 4.69) is 55.6 Å². The highest BCUT2D eigenvalue weighted by molar-refractivity contribution is 5.97. The minimum Gasteiger partial charge on any atom is -0.405 e. The maximum atomic E-state index is 5.86. The van der Waals surface area contributed by atoms with Crippen molar-refractivity contribution in [3.63, 3.8) is 0 Å². The van der Waals surface area contributed by atoms with Crippen LogP contribution in [0.15, 0.2) is 48.2 Å². The fourth-order valence-electron chi connectivity index (χ4n) is 3.18. The fourth-order valence-corrected chi connectivity index (χ4v) is 3.18. The second kappa shape index (κ2) is 4.86. The van der Waals surface area contributed by atoms with Crippen molar-refractivity contribution in [3.05, 3.63) is 53.7 Å². The van der Waals surface area contributed by atoms with E-state index in [1.807, 2.05) is 0 Å². The molecule has 1 aliphatic rings. The second-order valence-corrected chi connectivity index (χ2v) is 6.04. The molecule has 1 aliphatic heterocycles. The average Bonchev–Trinajstić information content (AvgIpc) is 2.45. The molecule has 2 nitrogen and oxygen atoms in total. The molecule has 1 atom stereocenters. The van der Waals surface area contributed by atoms with E-state index in [0.717, 1.165) is 19.3 Å². The third kappa shape index (κ3) is 2.15. The van der Waals surface area contributed by atoms with E-state index in [1.165, 1.54) is 27.6 Å². The van der Waals surface area contributed by atoms with Gasteiger partial charge in [-0.25, -0.2) is 0 Å². The van der Waals surface area contributed by atoms with Crippen molar-refractivity contribution < 1.29 is 0 Å². The Morgan fingerprint density at radius 2 is 2.00 bits per heavy atom. The summed E-state index contributed by atoms with van der Waals surface area (Å²) in [4.78, 5) is 0. The van der Waals surface area contributed by atoms with Crippen LogP contribution in [-0.4, -0.2) is 5.54 Å². The maximum absolute atomic E-state index is 5.86. The van der Waals surface area contributed by atoms with E-state index in [9.17, 15) is 0 Å². The number of nitrogens with two attached hydrogens (primary N) is 1. The summed E-state index contributed by atoms with van der Waals surface area (Å²) in [6, 6.07) is 13.0. The molecule has 3 N–H and O–H groups in total. The van der Waals surface area contributed by atoms with Crippen LogP contribution in [0, 0.1) is 0 Å². The average molecular weight is 266 g/mol. The zero-order chi connectivity index (χ0) is 14.2. The lowest BCUT2D eigenvalue weighted by atomic mass is 9.84. The van der Waals surface area contributed by atoms with Gasteiger partial charge in [0.05, 0.1) is 0 Å². The van der Waals surface area contributed by atoms with E-state index in [0.29, 0.717) is 0 Å². The molecule has 0 spiro atoms. The van der Waals surface area contributed by atoms with E-state index in [4.69, 9.17) is 5.73 Å². The van der Waals surface area contributed by atoms with Gasteiger partial charge in [-0.15, -0.1) is 0 Å². The summed E-state index contributed by atoms with van der Waals surface area (Å²) in [5.74, 6) is 0. The van der Waals surface area contributed by atoms with Crippen molar-refractivity contribution in [2.45, 2.75) is 38.6 Å². The van der Waals surface area contributed by atoms with Crippen LogP contribution in [0.3, 0.4) is 0 Å². The fraction of sp³-hybridized carbons (Fsp3) is 0.333. The first-order valence-electron chi connectivity index (χ1n) is 7.33. The molecular formula is C18H22N2. The minimum atomic E-state index is 0.0625. The quantitative estimate of drug-likeness (QED) is 0.811. The molecule has 0 aromatic heterocycles. The van der Waals surface area contributed by atoms with Gasteiger partial charge in [0.1, 0.15) is 0 Å². The summed E-state index contributed by atoms with van der Waals surface area (Å²) >= 11 is 0. The van der Waals surface area contributed by atoms with Gasteiger partial charge in [-0.05, 0) is 55.0 Å². The second-order valence-electron chi connectivity index (χ2n) is 6.04. The number of anilines is 1. The largest absolute Gasteiger partial charge is 0.405 e. The molecule has 104 valence electrons. The van der Waals surface area contributed by atoms with Crippen LogP contribution in [0.5, 0.6) is 0 Å². The highest BCUT2D eigenvalue weighted by Crippen LogP contribution is 2.36. The van der Waals surface area contributed by atoms with Gasteiger partial charge < -0.3 is 11.1 Å². The van der Waals surface area contributed by atoms with E-state index >= 15 is 0 Å². The van der Waals surface area contributed by atoms with Crippen LogP contribution >= 0.6 is 0 Å². The Morgan fingerprint density at radius 1 is 1.25 bits per heavy atom. The summed E-state index contributed by atoms with van der Waals surface area (Å²) in [6.45, 7) is 4.51. The molecule has 0 saturated carbocycles. The molecule has 1 unspecified atom stereocenters. The van der Waals surface area contributed by atoms with Crippen molar-refractivity contribution in [1.29, 1.82) is 0 Å². The molecule has 0 bridgehead atoms. The van der Waals surface area contributed by atoms with Gasteiger partial charge in [-0.1, -0.05) is 37.3 Å². The Kier molecular flexibility index (Phi) is 3.17. The number of benzene rings is 2. The molecule has 0 amide bonds. The van der Waals surface area contributed by atoms with Crippen LogP contribution in [-0.2, 0) is 6.42 Å². The molecule has 0 saturated heterocycles. The lowest BCUT2D eigenvalue weighted by Crippen LogP contribution is -2.35. The molecular weight excluding hydrogens is 244 g/mol. The first-order valence-corrected chi connectivity index (χ1v) is 7.33. The van der Waals surface area contributed by atoms with Crippen LogP contribution in [0.1, 0.15) is 32.3 Å². The van der Waals surface area contributed by atoms with Crippen molar-refractivity contribution in [2.24, 2.45) is 5.73 Å². The first kappa shape index (κ1) is 13.0. The molecule has 2 aromatic rings. The summed E-state index contributed by atoms with van der Waals surface area (Å²) < 4.78 is 0. The zero-order valence-corrected chi connectivity index (χ0v) is 12.2. The van der Waals surface area contributed by atoms with Crippen molar-refractivity contribution in [1.82, 2.24) is 0 Å². The Morgan fingerprint density at radius 3 is 2.70 bits per heavy atom. The van der Waals surface area contributed by atoms with Gasteiger partial charge in [0, 0.05) is 16.6 Å². The summed E-state index contributed by atoms with van der Waals surface area (Å²) in [5.41, 5.74) is 9.84. The summed E-state index contributed by atoms with van der Waals surface area (Å²) in [5, 5.41) is 6.39. The van der Waals surface area contributed by atoms with Crippen molar-refractivity contribution in [2.75, 3.05) is 5.32 Å². The maximum Gasteiger partial charge on any atom is 0.0427 e. The Hall–Kier alpha value is -1.96. The SMILES string of the molecule is CCC1(C)C/C(=C\N)Cc2cccc3cccc(c23)N1. The number of hydrogen-bond donors (Lipinski definition) is 2. The molecule has 0 radical (unpaired) electrons. The van der Waals surface area contributed by atoms with Crippen LogP contribution in [0.4, 0.5) is 5.69 Å². The number of rotatable bonds is 1. The van der Waals surface area contributed by atoms with E-state index in [1.54, 1.807) is 6.20 Å². The van der Waals surface area contributed by atoms with Gasteiger partial charge in [0.2, 0.25) is 0 Å². The molecule has 2 heteroatoms. The van der Waals surface area contributed by atoms with Crippen LogP contribution in [0.2, 0.25) is 0 Å². The Balaban J connectivity index is 2.26. The van der Waals surface area contributed by atoms with Crippen LogP contribution in [0.25, 0.3) is 10.8 Å². The monoisotopic (exact) mass is 266 g/mol. The Bertz CT molecular complexity index is 667. The van der Waals surface area contributed by atoms with Gasteiger partial charge in [-0.3, -0.25) is 0 Å². The van der Waals surface area contributed by atoms with Gasteiger partial charge in [-0.2, -0.15) is 0 Å². The van der Waals surface area contributed by atoms with Crippen molar-refractivity contribution in [3.8, 4) is 0 Å². The molecule has 1 heterocycles. The molecule has 2 aromatic carbocycles. The third-order valence-corrected chi connectivity index (χ3v) is 4.48. The predicted molar refractivity (Wildman–Crippen MR) is 86.9 cm³/mol. The zero-order valence-electron chi connectivity index (χ0n) is 12.2. The van der Waals surface area contributed by atoms with E-state index in [-0.39, 0.29) is 5.54 Å². The highest BCUT2D eigenvalue weighted by atomic mass is 15.0. The highest BCUT2D eigenvalue weighted by Gasteiger charge is 2.26.